The number of halogens is 3. The second-order valence-electron chi connectivity index (χ2n) is 4.47. The molecule has 0 saturated carbocycles. The van der Waals surface area contributed by atoms with Gasteiger partial charge in [-0.05, 0) is 18.2 Å². The average molecular weight is 327 g/mol. The van der Waals surface area contributed by atoms with Gasteiger partial charge in [0, 0.05) is 20.6 Å². The molecule has 0 fully saturated rings. The highest BCUT2D eigenvalue weighted by molar-refractivity contribution is 7.89. The van der Waals surface area contributed by atoms with Crippen LogP contribution in [0.5, 0.6) is 0 Å². The largest absolute Gasteiger partial charge is 0.416 e. The Kier molecular flexibility index (Phi) is 5.07. The number of aliphatic hydroxyl groups is 1. The Morgan fingerprint density at radius 3 is 2.38 bits per heavy atom. The first-order valence-electron chi connectivity index (χ1n) is 5.77. The summed E-state index contributed by atoms with van der Waals surface area (Å²) in [5.74, 6) is 0. The van der Waals surface area contributed by atoms with Crippen LogP contribution in [0, 0.1) is 0 Å². The van der Waals surface area contributed by atoms with E-state index in [-0.39, 0.29) is 16.3 Å². The first-order chi connectivity index (χ1) is 9.46. The van der Waals surface area contributed by atoms with Crippen molar-refractivity contribution in [1.82, 2.24) is 4.31 Å². The van der Waals surface area contributed by atoms with Gasteiger partial charge in [0.15, 0.2) is 6.10 Å². The number of nitrogen functional groups attached to an aromatic ring is 1. The van der Waals surface area contributed by atoms with Gasteiger partial charge in [-0.25, -0.2) is 12.7 Å². The Morgan fingerprint density at radius 1 is 1.38 bits per heavy atom. The molecule has 0 aliphatic carbocycles. The van der Waals surface area contributed by atoms with E-state index < -0.39 is 28.8 Å². The Balaban J connectivity index is 2.90. The van der Waals surface area contributed by atoms with E-state index in [2.05, 4.69) is 5.32 Å². The summed E-state index contributed by atoms with van der Waals surface area (Å²) in [7, 11) is -0.985. The zero-order chi connectivity index (χ0) is 16.4. The van der Waals surface area contributed by atoms with Crippen molar-refractivity contribution < 1.29 is 26.7 Å². The fourth-order valence-electron chi connectivity index (χ4n) is 1.40. The van der Waals surface area contributed by atoms with E-state index in [4.69, 9.17) is 10.8 Å². The monoisotopic (exact) mass is 327 g/mol. The van der Waals surface area contributed by atoms with Crippen LogP contribution in [0.25, 0.3) is 0 Å². The van der Waals surface area contributed by atoms with Gasteiger partial charge >= 0.3 is 6.18 Å². The summed E-state index contributed by atoms with van der Waals surface area (Å²) < 4.78 is 61.2. The summed E-state index contributed by atoms with van der Waals surface area (Å²) in [4.78, 5) is -0.0769. The van der Waals surface area contributed by atoms with Crippen molar-refractivity contribution in [2.45, 2.75) is 17.2 Å². The zero-order valence-corrected chi connectivity index (χ0v) is 12.2. The number of alkyl halides is 3. The van der Waals surface area contributed by atoms with Gasteiger partial charge in [-0.15, -0.1) is 0 Å². The van der Waals surface area contributed by atoms with Crippen LogP contribution in [0.4, 0.5) is 24.5 Å². The molecule has 120 valence electrons. The van der Waals surface area contributed by atoms with Crippen molar-refractivity contribution >= 4 is 21.4 Å². The molecule has 1 unspecified atom stereocenters. The predicted octanol–water partition coefficient (Wildman–Crippen LogP) is 0.854. The molecule has 0 saturated heterocycles. The number of nitrogens with two attached hydrogens (primary N) is 1. The number of sulfonamides is 1. The number of aliphatic hydroxyl groups excluding tert-OH is 1. The van der Waals surface area contributed by atoms with Crippen molar-refractivity contribution in [2.24, 2.45) is 0 Å². The van der Waals surface area contributed by atoms with E-state index in [0.717, 1.165) is 10.4 Å². The molecule has 0 amide bonds. The highest BCUT2D eigenvalue weighted by Crippen LogP contribution is 2.25. The summed E-state index contributed by atoms with van der Waals surface area (Å²) in [6, 6.07) is 3.60. The molecule has 6 nitrogen and oxygen atoms in total. The smallest absolute Gasteiger partial charge is 0.397 e. The van der Waals surface area contributed by atoms with Gasteiger partial charge in [-0.1, -0.05) is 0 Å². The molecular weight excluding hydrogens is 311 g/mol. The number of nitrogens with one attached hydrogen (secondary N) is 1. The SMILES string of the molecule is CN(C)S(=O)(=O)c1ccc(NCC(O)C(F)(F)F)c(N)c1. The van der Waals surface area contributed by atoms with Gasteiger partial charge in [0.2, 0.25) is 10.0 Å². The molecule has 1 atom stereocenters. The fraction of sp³-hybridized carbons (Fsp3) is 0.455. The lowest BCUT2D eigenvalue weighted by Gasteiger charge is -2.17. The lowest BCUT2D eigenvalue weighted by molar-refractivity contribution is -0.198. The number of benzene rings is 1. The van der Waals surface area contributed by atoms with Crippen LogP contribution in [0.3, 0.4) is 0 Å². The van der Waals surface area contributed by atoms with Crippen LogP contribution in [-0.2, 0) is 10.0 Å². The van der Waals surface area contributed by atoms with E-state index in [0.29, 0.717) is 0 Å². The fourth-order valence-corrected chi connectivity index (χ4v) is 2.33. The van der Waals surface area contributed by atoms with Crippen molar-refractivity contribution in [3.05, 3.63) is 18.2 Å². The lowest BCUT2D eigenvalue weighted by atomic mass is 10.2. The number of anilines is 2. The number of nitrogens with zero attached hydrogens (tertiary/aromatic N) is 1. The molecule has 10 heteroatoms. The first kappa shape index (κ1) is 17.5. The van der Waals surface area contributed by atoms with E-state index in [1.54, 1.807) is 0 Å². The molecule has 21 heavy (non-hydrogen) atoms. The van der Waals surface area contributed by atoms with Crippen LogP contribution in [0.15, 0.2) is 23.1 Å². The zero-order valence-electron chi connectivity index (χ0n) is 11.3. The minimum atomic E-state index is -4.74. The van der Waals surface area contributed by atoms with E-state index in [1.807, 2.05) is 0 Å². The topological polar surface area (TPSA) is 95.7 Å². The molecule has 1 rings (SSSR count). The molecule has 0 aliphatic heterocycles. The molecule has 4 N–H and O–H groups in total. The first-order valence-corrected chi connectivity index (χ1v) is 7.21. The summed E-state index contributed by atoms with van der Waals surface area (Å²) in [6.45, 7) is -0.784. The second kappa shape index (κ2) is 6.08. The second-order valence-corrected chi connectivity index (χ2v) is 6.63. The third-order valence-electron chi connectivity index (χ3n) is 2.67. The van der Waals surface area contributed by atoms with Crippen molar-refractivity contribution in [3.63, 3.8) is 0 Å². The predicted molar refractivity (Wildman–Crippen MR) is 72.3 cm³/mol. The van der Waals surface area contributed by atoms with Gasteiger partial charge in [-0.2, -0.15) is 13.2 Å². The number of hydrogen-bond acceptors (Lipinski definition) is 5. The van der Waals surface area contributed by atoms with Crippen molar-refractivity contribution in [1.29, 1.82) is 0 Å². The Morgan fingerprint density at radius 2 is 1.95 bits per heavy atom. The summed E-state index contributed by atoms with van der Waals surface area (Å²) in [5, 5.41) is 11.2. The number of rotatable bonds is 5. The molecule has 1 aromatic carbocycles. The van der Waals surface area contributed by atoms with E-state index in [9.17, 15) is 21.6 Å². The van der Waals surface area contributed by atoms with E-state index >= 15 is 0 Å². The Hall–Kier alpha value is -1.52. The molecule has 0 aliphatic rings. The Labute approximate surface area is 120 Å². The standard InChI is InChI=1S/C11H16F3N3O3S/c1-17(2)21(19,20)7-3-4-9(8(15)5-7)16-6-10(18)11(12,13)14/h3-5,10,16,18H,6,15H2,1-2H3. The maximum Gasteiger partial charge on any atom is 0.416 e. The normalized spacial score (nSPS) is 14.2. The van der Waals surface area contributed by atoms with Gasteiger partial charge in [0.1, 0.15) is 0 Å². The highest BCUT2D eigenvalue weighted by atomic mass is 32.2. The van der Waals surface area contributed by atoms with Crippen LogP contribution in [0.2, 0.25) is 0 Å². The molecule has 0 radical (unpaired) electrons. The third kappa shape index (κ3) is 4.22. The van der Waals surface area contributed by atoms with Crippen LogP contribution in [0.1, 0.15) is 0 Å². The molecule has 1 aromatic rings. The minimum absolute atomic E-state index is 0.0349. The van der Waals surface area contributed by atoms with Gasteiger partial charge in [-0.3, -0.25) is 0 Å². The van der Waals surface area contributed by atoms with Crippen LogP contribution >= 0.6 is 0 Å². The maximum atomic E-state index is 12.2. The van der Waals surface area contributed by atoms with Crippen molar-refractivity contribution in [2.75, 3.05) is 31.7 Å². The summed E-state index contributed by atoms with van der Waals surface area (Å²) >= 11 is 0. The minimum Gasteiger partial charge on any atom is -0.397 e. The molecule has 0 aromatic heterocycles. The molecule has 0 spiro atoms. The summed E-state index contributed by atoms with van der Waals surface area (Å²) in [5.41, 5.74) is 5.68. The average Bonchev–Trinajstić information content (AvgIpc) is 2.35. The lowest BCUT2D eigenvalue weighted by Crippen LogP contribution is -2.35. The van der Waals surface area contributed by atoms with Gasteiger partial charge in [0.25, 0.3) is 0 Å². The van der Waals surface area contributed by atoms with Crippen molar-refractivity contribution in [3.8, 4) is 0 Å². The molecular formula is C11H16F3N3O3S. The van der Waals surface area contributed by atoms with Gasteiger partial charge < -0.3 is 16.2 Å². The quantitative estimate of drug-likeness (QED) is 0.697. The highest BCUT2D eigenvalue weighted by Gasteiger charge is 2.37. The van der Waals surface area contributed by atoms with E-state index in [1.165, 1.54) is 26.2 Å². The molecule has 0 heterocycles. The Bertz CT molecular complexity index is 602. The van der Waals surface area contributed by atoms with Gasteiger partial charge in [0.05, 0.1) is 16.3 Å². The third-order valence-corrected chi connectivity index (χ3v) is 4.48. The summed E-state index contributed by atoms with van der Waals surface area (Å²) in [6.07, 6.45) is -7.28. The maximum absolute atomic E-state index is 12.2. The number of hydrogen-bond donors (Lipinski definition) is 3. The van der Waals surface area contributed by atoms with Crippen LogP contribution in [-0.4, -0.2) is 50.7 Å². The van der Waals surface area contributed by atoms with Crippen LogP contribution < -0.4 is 11.1 Å². The molecule has 0 bridgehead atoms.